The molecule has 1 heterocycles. The molecule has 0 spiro atoms. The molecule has 0 atom stereocenters. The second-order valence-corrected chi connectivity index (χ2v) is 5.43. The zero-order valence-electron chi connectivity index (χ0n) is 11.7. The van der Waals surface area contributed by atoms with Crippen LogP contribution >= 0.6 is 11.6 Å². The predicted molar refractivity (Wildman–Crippen MR) is 81.7 cm³/mol. The predicted octanol–water partition coefficient (Wildman–Crippen LogP) is 3.85. The molecule has 0 saturated carbocycles. The quantitative estimate of drug-likeness (QED) is 0.808. The first-order valence-electron chi connectivity index (χ1n) is 6.82. The molecule has 108 valence electrons. The van der Waals surface area contributed by atoms with Crippen LogP contribution in [0.1, 0.15) is 21.5 Å². The summed E-state index contributed by atoms with van der Waals surface area (Å²) in [6.45, 7) is 2.94. The van der Waals surface area contributed by atoms with Crippen LogP contribution in [0.4, 0.5) is 0 Å². The van der Waals surface area contributed by atoms with Gasteiger partial charge in [0.15, 0.2) is 17.3 Å². The van der Waals surface area contributed by atoms with Crippen molar-refractivity contribution in [3.8, 4) is 11.5 Å². The van der Waals surface area contributed by atoms with E-state index in [2.05, 4.69) is 0 Å². The highest BCUT2D eigenvalue weighted by Gasteiger charge is 2.20. The minimum absolute atomic E-state index is 0.0249. The summed E-state index contributed by atoms with van der Waals surface area (Å²) in [6, 6.07) is 11.1. The second-order valence-electron chi connectivity index (χ2n) is 5.02. The number of aryl methyl sites for hydroxylation is 1. The molecule has 21 heavy (non-hydrogen) atoms. The largest absolute Gasteiger partial charge is 0.486 e. The number of hydrogen-bond donors (Lipinski definition) is 0. The van der Waals surface area contributed by atoms with Crippen LogP contribution in [0.25, 0.3) is 0 Å². The molecule has 0 aromatic heterocycles. The first kappa shape index (κ1) is 14.0. The first-order valence-corrected chi connectivity index (χ1v) is 7.20. The summed E-state index contributed by atoms with van der Waals surface area (Å²) in [7, 11) is 0. The van der Waals surface area contributed by atoms with E-state index in [-0.39, 0.29) is 12.2 Å². The molecule has 0 fully saturated rings. The van der Waals surface area contributed by atoms with Crippen LogP contribution in [0.3, 0.4) is 0 Å². The number of ether oxygens (including phenoxy) is 2. The normalized spacial score (nSPS) is 13.0. The van der Waals surface area contributed by atoms with Crippen LogP contribution in [0.15, 0.2) is 36.4 Å². The Morgan fingerprint density at radius 2 is 2.00 bits per heavy atom. The minimum Gasteiger partial charge on any atom is -0.486 e. The molecule has 0 amide bonds. The summed E-state index contributed by atoms with van der Waals surface area (Å²) in [5, 5.41) is 0.616. The Balaban J connectivity index is 1.89. The first-order chi connectivity index (χ1) is 10.1. The lowest BCUT2D eigenvalue weighted by molar-refractivity contribution is 0.0982. The lowest BCUT2D eigenvalue weighted by Crippen LogP contribution is -2.18. The topological polar surface area (TPSA) is 35.5 Å². The van der Waals surface area contributed by atoms with Gasteiger partial charge in [-0.1, -0.05) is 29.8 Å². The molecule has 2 aromatic rings. The Kier molecular flexibility index (Phi) is 3.84. The van der Waals surface area contributed by atoms with E-state index < -0.39 is 0 Å². The zero-order valence-corrected chi connectivity index (χ0v) is 12.4. The highest BCUT2D eigenvalue weighted by atomic mass is 35.5. The maximum absolute atomic E-state index is 12.5. The van der Waals surface area contributed by atoms with E-state index in [0.717, 1.165) is 11.1 Å². The number of carbonyl (C=O) groups excluding carboxylic acids is 1. The van der Waals surface area contributed by atoms with E-state index in [9.17, 15) is 4.79 Å². The van der Waals surface area contributed by atoms with Crippen LogP contribution in [0, 0.1) is 6.92 Å². The van der Waals surface area contributed by atoms with Crippen molar-refractivity contribution in [2.45, 2.75) is 13.3 Å². The summed E-state index contributed by atoms with van der Waals surface area (Å²) in [6.07, 6.45) is 0.249. The molecule has 1 aliphatic heterocycles. The maximum Gasteiger partial charge on any atom is 0.172 e. The fourth-order valence-corrected chi connectivity index (χ4v) is 2.66. The van der Waals surface area contributed by atoms with Crippen molar-refractivity contribution >= 4 is 17.4 Å². The number of hydrogen-bond acceptors (Lipinski definition) is 3. The summed E-state index contributed by atoms with van der Waals surface area (Å²) in [4.78, 5) is 12.5. The van der Waals surface area contributed by atoms with Crippen molar-refractivity contribution in [1.29, 1.82) is 0 Å². The highest BCUT2D eigenvalue weighted by molar-refractivity contribution is 6.31. The molecule has 1 aliphatic rings. The van der Waals surface area contributed by atoms with Gasteiger partial charge in [0.05, 0.1) is 5.56 Å². The molecule has 0 N–H and O–H groups in total. The van der Waals surface area contributed by atoms with Gasteiger partial charge in [0.2, 0.25) is 0 Å². The van der Waals surface area contributed by atoms with E-state index in [1.54, 1.807) is 12.1 Å². The number of ketones is 1. The molecule has 0 saturated heterocycles. The lowest BCUT2D eigenvalue weighted by Gasteiger charge is -2.20. The fourth-order valence-electron chi connectivity index (χ4n) is 2.36. The number of para-hydroxylation sites is 1. The van der Waals surface area contributed by atoms with E-state index in [1.807, 2.05) is 31.2 Å². The summed E-state index contributed by atoms with van der Waals surface area (Å²) in [5.74, 6) is 1.14. The number of benzene rings is 2. The van der Waals surface area contributed by atoms with Gasteiger partial charge >= 0.3 is 0 Å². The number of rotatable bonds is 3. The van der Waals surface area contributed by atoms with Gasteiger partial charge in [0.25, 0.3) is 0 Å². The maximum atomic E-state index is 12.5. The smallest absolute Gasteiger partial charge is 0.172 e. The molecule has 0 aliphatic carbocycles. The molecular formula is C17H15ClO3. The monoisotopic (exact) mass is 302 g/mol. The minimum atomic E-state index is -0.0249. The third kappa shape index (κ3) is 2.88. The average molecular weight is 303 g/mol. The van der Waals surface area contributed by atoms with Crippen LogP contribution < -0.4 is 9.47 Å². The van der Waals surface area contributed by atoms with Crippen LogP contribution in [0.2, 0.25) is 5.02 Å². The summed E-state index contributed by atoms with van der Waals surface area (Å²) >= 11 is 6.20. The Bertz CT molecular complexity index is 694. The second kappa shape index (κ2) is 5.78. The molecule has 2 aromatic carbocycles. The van der Waals surface area contributed by atoms with Gasteiger partial charge in [-0.05, 0) is 36.2 Å². The third-order valence-electron chi connectivity index (χ3n) is 3.43. The molecule has 4 heteroatoms. The molecule has 0 bridgehead atoms. The van der Waals surface area contributed by atoms with E-state index in [1.165, 1.54) is 0 Å². The number of carbonyl (C=O) groups is 1. The van der Waals surface area contributed by atoms with Gasteiger partial charge in [-0.2, -0.15) is 0 Å². The van der Waals surface area contributed by atoms with Crippen LogP contribution in [0.5, 0.6) is 11.5 Å². The third-order valence-corrected chi connectivity index (χ3v) is 3.78. The van der Waals surface area contributed by atoms with Crippen molar-refractivity contribution in [3.63, 3.8) is 0 Å². The summed E-state index contributed by atoms with van der Waals surface area (Å²) in [5.41, 5.74) is 2.44. The summed E-state index contributed by atoms with van der Waals surface area (Å²) < 4.78 is 11.1. The van der Waals surface area contributed by atoms with Crippen LogP contribution in [-0.2, 0) is 6.42 Å². The van der Waals surface area contributed by atoms with Gasteiger partial charge < -0.3 is 9.47 Å². The lowest BCUT2D eigenvalue weighted by atomic mass is 10.0. The van der Waals surface area contributed by atoms with Gasteiger partial charge in [-0.25, -0.2) is 0 Å². The zero-order chi connectivity index (χ0) is 14.8. The average Bonchev–Trinajstić information content (AvgIpc) is 2.49. The Labute approximate surface area is 128 Å². The van der Waals surface area contributed by atoms with Gasteiger partial charge in [-0.15, -0.1) is 0 Å². The highest BCUT2D eigenvalue weighted by Crippen LogP contribution is 2.34. The van der Waals surface area contributed by atoms with E-state index in [0.29, 0.717) is 35.3 Å². The van der Waals surface area contributed by atoms with Crippen LogP contribution in [-0.4, -0.2) is 19.0 Å². The molecular weight excluding hydrogens is 288 g/mol. The van der Waals surface area contributed by atoms with E-state index in [4.69, 9.17) is 21.1 Å². The molecule has 0 radical (unpaired) electrons. The number of Topliss-reactive ketones (excluding diaryl/α,β-unsaturated/α-hetero) is 1. The van der Waals surface area contributed by atoms with Crippen molar-refractivity contribution in [1.82, 2.24) is 0 Å². The van der Waals surface area contributed by atoms with E-state index >= 15 is 0 Å². The van der Waals surface area contributed by atoms with Crippen molar-refractivity contribution < 1.29 is 14.3 Å². The Morgan fingerprint density at radius 1 is 1.19 bits per heavy atom. The Hall–Kier alpha value is -2.00. The number of fused-ring (bicyclic) bond motifs is 1. The number of halogens is 1. The van der Waals surface area contributed by atoms with Gasteiger partial charge in [0, 0.05) is 11.4 Å². The standard InChI is InChI=1S/C17H15ClO3/c1-11-5-6-12(14(18)9-11)10-15(19)13-3-2-4-16-17(13)21-8-7-20-16/h2-6,9H,7-8,10H2,1H3. The SMILES string of the molecule is Cc1ccc(CC(=O)c2cccc3c2OCCO3)c(Cl)c1. The van der Waals surface area contributed by atoms with Gasteiger partial charge in [0.1, 0.15) is 13.2 Å². The molecule has 0 unspecified atom stereocenters. The van der Waals surface area contributed by atoms with Crippen molar-refractivity contribution in [3.05, 3.63) is 58.1 Å². The van der Waals surface area contributed by atoms with Gasteiger partial charge in [-0.3, -0.25) is 4.79 Å². The Morgan fingerprint density at radius 3 is 2.81 bits per heavy atom. The fraction of sp³-hybridized carbons (Fsp3) is 0.235. The van der Waals surface area contributed by atoms with Crippen molar-refractivity contribution in [2.24, 2.45) is 0 Å². The molecule has 3 rings (SSSR count). The molecule has 3 nitrogen and oxygen atoms in total. The van der Waals surface area contributed by atoms with Crippen molar-refractivity contribution in [2.75, 3.05) is 13.2 Å².